The van der Waals surface area contributed by atoms with E-state index in [-0.39, 0.29) is 6.10 Å². The SMILES string of the molecule is CCN(CCNC(=NC)NCc1ccc(C)cc1OC1CCOC1)C1CC1. The Morgan fingerprint density at radius 2 is 2.15 bits per heavy atom. The largest absolute Gasteiger partial charge is 0.488 e. The van der Waals surface area contributed by atoms with Crippen LogP contribution in [0.3, 0.4) is 0 Å². The van der Waals surface area contributed by atoms with Crippen molar-refractivity contribution in [2.45, 2.75) is 51.8 Å². The molecule has 0 bridgehead atoms. The molecule has 0 amide bonds. The van der Waals surface area contributed by atoms with Gasteiger partial charge in [0.25, 0.3) is 0 Å². The third-order valence-corrected chi connectivity index (χ3v) is 5.24. The summed E-state index contributed by atoms with van der Waals surface area (Å²) in [6.45, 7) is 9.56. The lowest BCUT2D eigenvalue weighted by Gasteiger charge is -2.21. The molecule has 1 saturated heterocycles. The first-order valence-electron chi connectivity index (χ1n) is 10.2. The lowest BCUT2D eigenvalue weighted by Crippen LogP contribution is -2.41. The van der Waals surface area contributed by atoms with E-state index in [0.717, 1.165) is 56.0 Å². The Morgan fingerprint density at radius 1 is 1.30 bits per heavy atom. The van der Waals surface area contributed by atoms with Gasteiger partial charge in [-0.25, -0.2) is 0 Å². The molecule has 1 aliphatic heterocycles. The molecule has 1 heterocycles. The van der Waals surface area contributed by atoms with Crippen LogP contribution >= 0.6 is 0 Å². The number of nitrogens with one attached hydrogen (secondary N) is 2. The molecule has 2 aliphatic rings. The van der Waals surface area contributed by atoms with Crippen LogP contribution in [0.15, 0.2) is 23.2 Å². The Morgan fingerprint density at radius 3 is 2.81 bits per heavy atom. The van der Waals surface area contributed by atoms with Crippen molar-refractivity contribution in [2.75, 3.05) is 39.9 Å². The summed E-state index contributed by atoms with van der Waals surface area (Å²) in [5.74, 6) is 1.77. The molecule has 1 aromatic rings. The van der Waals surface area contributed by atoms with Gasteiger partial charge >= 0.3 is 0 Å². The van der Waals surface area contributed by atoms with Crippen LogP contribution in [-0.4, -0.2) is 62.9 Å². The van der Waals surface area contributed by atoms with E-state index in [1.165, 1.54) is 18.4 Å². The number of aliphatic imine (C=N–C) groups is 1. The van der Waals surface area contributed by atoms with Gasteiger partial charge in [-0.1, -0.05) is 19.1 Å². The number of nitrogens with zero attached hydrogens (tertiary/aromatic N) is 2. The van der Waals surface area contributed by atoms with Gasteiger partial charge in [0.2, 0.25) is 0 Å². The second-order valence-corrected chi connectivity index (χ2v) is 7.43. The van der Waals surface area contributed by atoms with Crippen LogP contribution in [0, 0.1) is 6.92 Å². The van der Waals surface area contributed by atoms with Gasteiger partial charge in [-0.3, -0.25) is 9.89 Å². The summed E-state index contributed by atoms with van der Waals surface area (Å²) in [4.78, 5) is 6.89. The maximum Gasteiger partial charge on any atom is 0.191 e. The average Bonchev–Trinajstić information content (AvgIpc) is 3.39. The third kappa shape index (κ3) is 6.11. The minimum absolute atomic E-state index is 0.158. The maximum absolute atomic E-state index is 6.18. The molecule has 150 valence electrons. The molecule has 27 heavy (non-hydrogen) atoms. The lowest BCUT2D eigenvalue weighted by molar-refractivity contribution is 0.140. The van der Waals surface area contributed by atoms with E-state index in [4.69, 9.17) is 9.47 Å². The topological polar surface area (TPSA) is 58.1 Å². The number of rotatable bonds is 9. The van der Waals surface area contributed by atoms with Crippen LogP contribution in [0.1, 0.15) is 37.3 Å². The molecule has 1 saturated carbocycles. The zero-order valence-corrected chi connectivity index (χ0v) is 17.0. The van der Waals surface area contributed by atoms with Crippen LogP contribution in [0.2, 0.25) is 0 Å². The van der Waals surface area contributed by atoms with Gasteiger partial charge < -0.3 is 20.1 Å². The summed E-state index contributed by atoms with van der Waals surface area (Å²) in [7, 11) is 1.82. The fourth-order valence-electron chi connectivity index (χ4n) is 3.46. The van der Waals surface area contributed by atoms with Crippen LogP contribution < -0.4 is 15.4 Å². The summed E-state index contributed by atoms with van der Waals surface area (Å²) in [6.07, 6.45) is 3.82. The molecule has 2 fully saturated rings. The predicted molar refractivity (Wildman–Crippen MR) is 110 cm³/mol. The minimum atomic E-state index is 0.158. The number of benzene rings is 1. The molecule has 1 unspecified atom stereocenters. The zero-order chi connectivity index (χ0) is 19.1. The molecule has 1 aliphatic carbocycles. The van der Waals surface area contributed by atoms with Gasteiger partial charge in [0, 0.05) is 44.7 Å². The van der Waals surface area contributed by atoms with Crippen molar-refractivity contribution < 1.29 is 9.47 Å². The molecule has 2 N–H and O–H groups in total. The standard InChI is InChI=1S/C21H34N4O2/c1-4-25(18-7-8-18)11-10-23-21(22-3)24-14-17-6-5-16(2)13-20(17)27-19-9-12-26-15-19/h5-6,13,18-19H,4,7-12,14-15H2,1-3H3,(H2,22,23,24). The number of aryl methyl sites for hydroxylation is 1. The van der Waals surface area contributed by atoms with Crippen molar-refractivity contribution in [3.63, 3.8) is 0 Å². The van der Waals surface area contributed by atoms with Gasteiger partial charge in [0.05, 0.1) is 13.2 Å². The maximum atomic E-state index is 6.18. The summed E-state index contributed by atoms with van der Waals surface area (Å²) in [5.41, 5.74) is 2.35. The monoisotopic (exact) mass is 374 g/mol. The van der Waals surface area contributed by atoms with E-state index < -0.39 is 0 Å². The number of hydrogen-bond acceptors (Lipinski definition) is 4. The van der Waals surface area contributed by atoms with Crippen molar-refractivity contribution in [2.24, 2.45) is 4.99 Å². The van der Waals surface area contributed by atoms with Gasteiger partial charge in [-0.05, 0) is 37.9 Å². The van der Waals surface area contributed by atoms with Gasteiger partial charge in [0.1, 0.15) is 11.9 Å². The minimum Gasteiger partial charge on any atom is -0.488 e. The van der Waals surface area contributed by atoms with E-state index in [2.05, 4.69) is 52.6 Å². The summed E-state index contributed by atoms with van der Waals surface area (Å²) in [6, 6.07) is 7.17. The van der Waals surface area contributed by atoms with Crippen molar-refractivity contribution >= 4 is 5.96 Å². The van der Waals surface area contributed by atoms with Crippen molar-refractivity contribution in [3.8, 4) is 5.75 Å². The predicted octanol–water partition coefficient (Wildman–Crippen LogP) is 2.31. The molecule has 3 rings (SSSR count). The van der Waals surface area contributed by atoms with E-state index >= 15 is 0 Å². The summed E-state index contributed by atoms with van der Waals surface area (Å²) >= 11 is 0. The third-order valence-electron chi connectivity index (χ3n) is 5.24. The van der Waals surface area contributed by atoms with Crippen LogP contribution in [0.5, 0.6) is 5.75 Å². The van der Waals surface area contributed by atoms with Crippen molar-refractivity contribution in [1.82, 2.24) is 15.5 Å². The van der Waals surface area contributed by atoms with E-state index in [1.807, 2.05) is 7.05 Å². The molecular formula is C21H34N4O2. The highest BCUT2D eigenvalue weighted by atomic mass is 16.5. The molecule has 0 radical (unpaired) electrons. The Labute approximate surface area is 163 Å². The number of guanidine groups is 1. The van der Waals surface area contributed by atoms with Crippen LogP contribution in [-0.2, 0) is 11.3 Å². The number of hydrogen-bond donors (Lipinski definition) is 2. The van der Waals surface area contributed by atoms with Gasteiger partial charge in [-0.15, -0.1) is 0 Å². The molecule has 1 aromatic carbocycles. The number of ether oxygens (including phenoxy) is 2. The number of likely N-dealkylation sites (N-methyl/N-ethyl adjacent to an activating group) is 1. The highest BCUT2D eigenvalue weighted by Gasteiger charge is 2.27. The summed E-state index contributed by atoms with van der Waals surface area (Å²) < 4.78 is 11.6. The van der Waals surface area contributed by atoms with Crippen LogP contribution in [0.4, 0.5) is 0 Å². The second kappa shape index (κ2) is 9.95. The fourth-order valence-corrected chi connectivity index (χ4v) is 3.46. The lowest BCUT2D eigenvalue weighted by atomic mass is 10.1. The normalized spacial score (nSPS) is 20.1. The molecule has 6 heteroatoms. The van der Waals surface area contributed by atoms with E-state index in [1.54, 1.807) is 0 Å². The summed E-state index contributed by atoms with van der Waals surface area (Å²) in [5, 5.41) is 6.84. The highest BCUT2D eigenvalue weighted by Crippen LogP contribution is 2.26. The molecule has 0 spiro atoms. The fraction of sp³-hybridized carbons (Fsp3) is 0.667. The molecule has 0 aromatic heterocycles. The van der Waals surface area contributed by atoms with Crippen molar-refractivity contribution in [1.29, 1.82) is 0 Å². The molecule has 6 nitrogen and oxygen atoms in total. The Hall–Kier alpha value is -1.79. The Balaban J connectivity index is 1.49. The van der Waals surface area contributed by atoms with E-state index in [9.17, 15) is 0 Å². The highest BCUT2D eigenvalue weighted by molar-refractivity contribution is 5.79. The zero-order valence-electron chi connectivity index (χ0n) is 17.0. The van der Waals surface area contributed by atoms with Crippen LogP contribution in [0.25, 0.3) is 0 Å². The van der Waals surface area contributed by atoms with Crippen molar-refractivity contribution in [3.05, 3.63) is 29.3 Å². The molecule has 1 atom stereocenters. The first-order valence-corrected chi connectivity index (χ1v) is 10.2. The van der Waals surface area contributed by atoms with E-state index in [0.29, 0.717) is 13.2 Å². The first kappa shape index (κ1) is 20.0. The average molecular weight is 375 g/mol. The quantitative estimate of drug-likeness (QED) is 0.513. The first-order chi connectivity index (χ1) is 13.2. The second-order valence-electron chi connectivity index (χ2n) is 7.43. The Bertz CT molecular complexity index is 625. The van der Waals surface area contributed by atoms with Gasteiger partial charge in [0.15, 0.2) is 5.96 Å². The Kier molecular flexibility index (Phi) is 7.35. The van der Waals surface area contributed by atoms with Gasteiger partial charge in [-0.2, -0.15) is 0 Å². The smallest absolute Gasteiger partial charge is 0.191 e. The molecular weight excluding hydrogens is 340 g/mol.